The number of carbonyl (C=O) groups is 1. The Bertz CT molecular complexity index is 525. The van der Waals surface area contributed by atoms with Gasteiger partial charge < -0.3 is 9.64 Å². The molecule has 1 aromatic heterocycles. The van der Waals surface area contributed by atoms with Gasteiger partial charge in [0.15, 0.2) is 0 Å². The average Bonchev–Trinajstić information content (AvgIpc) is 3.05. The molecule has 0 aliphatic carbocycles. The van der Waals surface area contributed by atoms with Crippen LogP contribution in [-0.2, 0) is 16.1 Å². The monoisotopic (exact) mass is 343 g/mol. The number of amides is 1. The van der Waals surface area contributed by atoms with E-state index >= 15 is 0 Å². The molecule has 1 amide bonds. The molecule has 0 radical (unpaired) electrons. The summed E-state index contributed by atoms with van der Waals surface area (Å²) in [6.45, 7) is 5.44. The van der Waals surface area contributed by atoms with E-state index in [-0.39, 0.29) is 18.1 Å². The van der Waals surface area contributed by atoms with Gasteiger partial charge in [-0.1, -0.05) is 0 Å². The van der Waals surface area contributed by atoms with E-state index in [1.807, 2.05) is 19.2 Å². The van der Waals surface area contributed by atoms with Gasteiger partial charge >= 0.3 is 0 Å². The van der Waals surface area contributed by atoms with Crippen LogP contribution in [0.2, 0.25) is 0 Å². The van der Waals surface area contributed by atoms with Crippen molar-refractivity contribution in [2.75, 3.05) is 27.2 Å². The van der Waals surface area contributed by atoms with Crippen LogP contribution in [0.25, 0.3) is 0 Å². The standard InChI is InChI=1S/C16H26FN3O2S/c1-11(22-4)5-16(21)19(3)9-15-6-13(17)7-20(15)8-14-10-23-12(2)18-14/h10-11,13,15H,5-9H2,1-4H3/t11-,13+,15+/m1/s1. The van der Waals surface area contributed by atoms with Crippen LogP contribution >= 0.6 is 11.3 Å². The lowest BCUT2D eigenvalue weighted by atomic mass is 10.1. The maximum Gasteiger partial charge on any atom is 0.224 e. The van der Waals surface area contributed by atoms with Crippen LogP contribution in [0.15, 0.2) is 5.38 Å². The van der Waals surface area contributed by atoms with Gasteiger partial charge in [-0.15, -0.1) is 11.3 Å². The molecule has 1 aliphatic heterocycles. The highest BCUT2D eigenvalue weighted by molar-refractivity contribution is 7.09. The third-order valence-corrected chi connectivity index (χ3v) is 5.11. The Balaban J connectivity index is 1.92. The number of alkyl halides is 1. The van der Waals surface area contributed by atoms with E-state index in [0.29, 0.717) is 32.5 Å². The smallest absolute Gasteiger partial charge is 0.224 e. The van der Waals surface area contributed by atoms with Crippen LogP contribution in [0, 0.1) is 6.92 Å². The predicted octanol–water partition coefficient (Wildman–Crippen LogP) is 2.25. The molecular weight excluding hydrogens is 317 g/mol. The Morgan fingerprint density at radius 2 is 2.39 bits per heavy atom. The van der Waals surface area contributed by atoms with Gasteiger partial charge in [0.2, 0.25) is 5.91 Å². The number of rotatable bonds is 7. The molecular formula is C16H26FN3O2S. The second-order valence-electron chi connectivity index (χ2n) is 6.30. The molecule has 0 unspecified atom stereocenters. The first kappa shape index (κ1) is 18.3. The summed E-state index contributed by atoms with van der Waals surface area (Å²) >= 11 is 1.61. The Labute approximate surface area is 141 Å². The number of halogens is 1. The summed E-state index contributed by atoms with van der Waals surface area (Å²) in [5.41, 5.74) is 0.980. The normalized spacial score (nSPS) is 23.2. The first-order chi connectivity index (χ1) is 10.9. The van der Waals surface area contributed by atoms with E-state index in [1.54, 1.807) is 30.4 Å². The zero-order chi connectivity index (χ0) is 17.0. The minimum Gasteiger partial charge on any atom is -0.381 e. The molecule has 7 heteroatoms. The Morgan fingerprint density at radius 1 is 1.65 bits per heavy atom. The van der Waals surface area contributed by atoms with Crippen LogP contribution in [0.1, 0.15) is 30.5 Å². The van der Waals surface area contributed by atoms with Crippen molar-refractivity contribution in [3.63, 3.8) is 0 Å². The van der Waals surface area contributed by atoms with Crippen molar-refractivity contribution in [2.24, 2.45) is 0 Å². The number of nitrogens with zero attached hydrogens (tertiary/aromatic N) is 3. The van der Waals surface area contributed by atoms with Crippen LogP contribution in [0.3, 0.4) is 0 Å². The van der Waals surface area contributed by atoms with E-state index in [1.165, 1.54) is 0 Å². The number of aryl methyl sites for hydroxylation is 1. The number of methoxy groups -OCH3 is 1. The summed E-state index contributed by atoms with van der Waals surface area (Å²) in [5.74, 6) is 0.0334. The number of hydrogen-bond donors (Lipinski definition) is 0. The molecule has 23 heavy (non-hydrogen) atoms. The Hall–Kier alpha value is -1.05. The van der Waals surface area contributed by atoms with Gasteiger partial charge in [0.25, 0.3) is 0 Å². The fourth-order valence-corrected chi connectivity index (χ4v) is 3.50. The molecule has 0 saturated carbocycles. The molecule has 2 heterocycles. The highest BCUT2D eigenvalue weighted by Gasteiger charge is 2.33. The van der Waals surface area contributed by atoms with Gasteiger partial charge in [-0.25, -0.2) is 9.37 Å². The number of ether oxygens (including phenoxy) is 1. The average molecular weight is 343 g/mol. The molecule has 1 fully saturated rings. The van der Waals surface area contributed by atoms with Gasteiger partial charge in [0.1, 0.15) is 6.17 Å². The SMILES string of the molecule is CO[C@H](C)CC(=O)N(C)C[C@@H]1C[C@H](F)CN1Cc1csc(C)n1. The molecule has 0 aromatic carbocycles. The molecule has 0 N–H and O–H groups in total. The van der Waals surface area contributed by atoms with Crippen LogP contribution < -0.4 is 0 Å². The van der Waals surface area contributed by atoms with Crippen molar-refractivity contribution in [2.45, 2.75) is 51.6 Å². The second kappa shape index (κ2) is 8.17. The maximum atomic E-state index is 13.9. The highest BCUT2D eigenvalue weighted by atomic mass is 32.1. The van der Waals surface area contributed by atoms with Gasteiger partial charge in [-0.05, 0) is 20.3 Å². The fourth-order valence-electron chi connectivity index (χ4n) is 2.90. The van der Waals surface area contributed by atoms with Gasteiger partial charge in [-0.2, -0.15) is 0 Å². The number of thiazole rings is 1. The van der Waals surface area contributed by atoms with Crippen molar-refractivity contribution in [3.05, 3.63) is 16.1 Å². The Morgan fingerprint density at radius 3 is 3.00 bits per heavy atom. The molecule has 3 atom stereocenters. The largest absolute Gasteiger partial charge is 0.381 e. The van der Waals surface area contributed by atoms with Crippen LogP contribution in [-0.4, -0.2) is 66.3 Å². The highest BCUT2D eigenvalue weighted by Crippen LogP contribution is 2.24. The van der Waals surface area contributed by atoms with Crippen LogP contribution in [0.4, 0.5) is 4.39 Å². The fraction of sp³-hybridized carbons (Fsp3) is 0.750. The molecule has 2 rings (SSSR count). The maximum absolute atomic E-state index is 13.9. The van der Waals surface area contributed by atoms with Crippen molar-refractivity contribution < 1.29 is 13.9 Å². The van der Waals surface area contributed by atoms with E-state index in [9.17, 15) is 9.18 Å². The van der Waals surface area contributed by atoms with E-state index in [4.69, 9.17) is 4.74 Å². The molecule has 130 valence electrons. The second-order valence-corrected chi connectivity index (χ2v) is 7.36. The molecule has 5 nitrogen and oxygen atoms in total. The zero-order valence-electron chi connectivity index (χ0n) is 14.3. The van der Waals surface area contributed by atoms with E-state index in [2.05, 4.69) is 9.88 Å². The Kier molecular flexibility index (Phi) is 6.50. The summed E-state index contributed by atoms with van der Waals surface area (Å²) in [6.07, 6.45) is -0.109. The summed E-state index contributed by atoms with van der Waals surface area (Å²) in [6, 6.07) is 0.0406. The third-order valence-electron chi connectivity index (χ3n) is 4.28. The third kappa shape index (κ3) is 5.22. The van der Waals surface area contributed by atoms with E-state index in [0.717, 1.165) is 10.7 Å². The lowest BCUT2D eigenvalue weighted by Gasteiger charge is -2.28. The van der Waals surface area contributed by atoms with Crippen molar-refractivity contribution in [1.29, 1.82) is 0 Å². The van der Waals surface area contributed by atoms with Crippen molar-refractivity contribution in [1.82, 2.24) is 14.8 Å². The predicted molar refractivity (Wildman–Crippen MR) is 89.3 cm³/mol. The van der Waals surface area contributed by atoms with Gasteiger partial charge in [0, 0.05) is 45.2 Å². The lowest BCUT2D eigenvalue weighted by molar-refractivity contribution is -0.132. The molecule has 1 aliphatic rings. The molecule has 1 saturated heterocycles. The molecule has 1 aromatic rings. The summed E-state index contributed by atoms with van der Waals surface area (Å²) in [7, 11) is 3.38. The first-order valence-corrected chi connectivity index (χ1v) is 8.83. The molecule has 0 bridgehead atoms. The summed E-state index contributed by atoms with van der Waals surface area (Å²) in [4.78, 5) is 20.4. The topological polar surface area (TPSA) is 45.7 Å². The van der Waals surface area contributed by atoms with Crippen molar-refractivity contribution in [3.8, 4) is 0 Å². The number of aromatic nitrogens is 1. The minimum absolute atomic E-state index is 0.0334. The molecule has 0 spiro atoms. The summed E-state index contributed by atoms with van der Waals surface area (Å²) < 4.78 is 19.0. The first-order valence-electron chi connectivity index (χ1n) is 7.95. The number of hydrogen-bond acceptors (Lipinski definition) is 5. The quantitative estimate of drug-likeness (QED) is 0.762. The van der Waals surface area contributed by atoms with Gasteiger partial charge in [-0.3, -0.25) is 9.69 Å². The van der Waals surface area contributed by atoms with Crippen LogP contribution in [0.5, 0.6) is 0 Å². The number of likely N-dealkylation sites (N-methyl/N-ethyl adjacent to an activating group) is 1. The minimum atomic E-state index is -0.832. The summed E-state index contributed by atoms with van der Waals surface area (Å²) in [5, 5.41) is 3.04. The van der Waals surface area contributed by atoms with E-state index < -0.39 is 6.17 Å². The van der Waals surface area contributed by atoms with Crippen molar-refractivity contribution >= 4 is 17.2 Å². The number of carbonyl (C=O) groups excluding carboxylic acids is 1. The lowest BCUT2D eigenvalue weighted by Crippen LogP contribution is -2.41. The number of likely N-dealkylation sites (tertiary alicyclic amines) is 1. The van der Waals surface area contributed by atoms with Gasteiger partial charge in [0.05, 0.1) is 23.2 Å². The zero-order valence-corrected chi connectivity index (χ0v) is 15.1.